The van der Waals surface area contributed by atoms with Gasteiger partial charge in [0.05, 0.1) is 6.42 Å². The van der Waals surface area contributed by atoms with E-state index in [1.807, 2.05) is 0 Å². The molecule has 0 atom stereocenters. The number of aliphatic carboxylic acids is 1. The largest absolute Gasteiger partial charge is 0.481 e. The number of hydrogen-bond acceptors (Lipinski definition) is 3. The summed E-state index contributed by atoms with van der Waals surface area (Å²) in [4.78, 5) is 24.4. The highest BCUT2D eigenvalue weighted by atomic mass is 19.3. The minimum atomic E-state index is -2.93. The van der Waals surface area contributed by atoms with Crippen LogP contribution in [0, 0.1) is 13.8 Å². The van der Waals surface area contributed by atoms with Gasteiger partial charge in [0.2, 0.25) is 0 Å². The first-order valence-corrected chi connectivity index (χ1v) is 6.83. The molecule has 0 unspecified atom stereocenters. The van der Waals surface area contributed by atoms with Gasteiger partial charge < -0.3 is 14.7 Å². The average Bonchev–Trinajstić information content (AvgIpc) is 2.42. The summed E-state index contributed by atoms with van der Waals surface area (Å²) in [6.07, 6.45) is -0.149. The molecule has 5 nitrogen and oxygen atoms in total. The highest BCUT2D eigenvalue weighted by Crippen LogP contribution is 2.27. The van der Waals surface area contributed by atoms with Crippen molar-refractivity contribution in [2.24, 2.45) is 0 Å². The lowest BCUT2D eigenvalue weighted by Gasteiger charge is -2.21. The number of halogens is 2. The van der Waals surface area contributed by atoms with Crippen molar-refractivity contribution < 1.29 is 28.2 Å². The van der Waals surface area contributed by atoms with Crippen LogP contribution in [0.1, 0.15) is 34.8 Å². The lowest BCUT2D eigenvalue weighted by atomic mass is 10.0. The van der Waals surface area contributed by atoms with E-state index in [0.717, 1.165) is 0 Å². The molecule has 1 rings (SSSR count). The zero-order chi connectivity index (χ0) is 16.9. The second kappa shape index (κ2) is 7.72. The number of carbonyl (C=O) groups excluding carboxylic acids is 1. The van der Waals surface area contributed by atoms with Crippen LogP contribution in [0.4, 0.5) is 8.78 Å². The van der Waals surface area contributed by atoms with Crippen molar-refractivity contribution in [2.45, 2.75) is 33.8 Å². The zero-order valence-electron chi connectivity index (χ0n) is 12.7. The highest BCUT2D eigenvalue weighted by Gasteiger charge is 2.19. The lowest BCUT2D eigenvalue weighted by Crippen LogP contribution is -2.33. The van der Waals surface area contributed by atoms with Gasteiger partial charge in [-0.15, -0.1) is 0 Å². The lowest BCUT2D eigenvalue weighted by molar-refractivity contribution is -0.137. The van der Waals surface area contributed by atoms with Gasteiger partial charge >= 0.3 is 12.6 Å². The van der Waals surface area contributed by atoms with Crippen molar-refractivity contribution in [1.29, 1.82) is 0 Å². The molecule has 1 N–H and O–H groups in total. The second-order valence-corrected chi connectivity index (χ2v) is 4.85. The molecule has 0 saturated heterocycles. The maximum atomic E-state index is 12.4. The molecule has 0 aliphatic heterocycles. The smallest absolute Gasteiger partial charge is 0.387 e. The molecule has 0 bridgehead atoms. The zero-order valence-corrected chi connectivity index (χ0v) is 12.7. The molecule has 0 saturated carbocycles. The van der Waals surface area contributed by atoms with Crippen LogP contribution in [0.5, 0.6) is 5.75 Å². The van der Waals surface area contributed by atoms with E-state index in [0.29, 0.717) is 23.2 Å². The Labute approximate surface area is 127 Å². The predicted octanol–water partition coefficient (Wildman–Crippen LogP) is 2.84. The first-order valence-electron chi connectivity index (χ1n) is 6.83. The van der Waals surface area contributed by atoms with E-state index >= 15 is 0 Å². The molecule has 0 spiro atoms. The van der Waals surface area contributed by atoms with Gasteiger partial charge in [0.1, 0.15) is 5.75 Å². The van der Waals surface area contributed by atoms with Crippen LogP contribution in [0.2, 0.25) is 0 Å². The number of rotatable bonds is 7. The molecular formula is C15H19F2NO4. The number of aryl methyl sites for hydroxylation is 2. The number of carbonyl (C=O) groups is 2. The van der Waals surface area contributed by atoms with Gasteiger partial charge in [-0.05, 0) is 44.0 Å². The Morgan fingerprint density at radius 3 is 2.23 bits per heavy atom. The quantitative estimate of drug-likeness (QED) is 0.840. The van der Waals surface area contributed by atoms with E-state index in [9.17, 15) is 18.4 Å². The summed E-state index contributed by atoms with van der Waals surface area (Å²) < 4.78 is 29.1. The minimum Gasteiger partial charge on any atom is -0.481 e. The minimum absolute atomic E-state index is 0.0557. The van der Waals surface area contributed by atoms with E-state index in [1.165, 1.54) is 17.0 Å². The van der Waals surface area contributed by atoms with E-state index in [4.69, 9.17) is 5.11 Å². The van der Waals surface area contributed by atoms with Gasteiger partial charge in [-0.1, -0.05) is 0 Å². The third kappa shape index (κ3) is 4.68. The fraction of sp³-hybridized carbons (Fsp3) is 0.467. The van der Waals surface area contributed by atoms with Gasteiger partial charge in [-0.3, -0.25) is 9.59 Å². The van der Waals surface area contributed by atoms with Gasteiger partial charge in [0, 0.05) is 18.7 Å². The molecule has 1 amide bonds. The fourth-order valence-corrected chi connectivity index (χ4v) is 2.17. The van der Waals surface area contributed by atoms with Crippen molar-refractivity contribution in [1.82, 2.24) is 4.90 Å². The summed E-state index contributed by atoms with van der Waals surface area (Å²) >= 11 is 0. The van der Waals surface area contributed by atoms with Crippen molar-refractivity contribution in [3.8, 4) is 5.75 Å². The summed E-state index contributed by atoms with van der Waals surface area (Å²) in [7, 11) is 0. The van der Waals surface area contributed by atoms with E-state index in [-0.39, 0.29) is 24.6 Å². The van der Waals surface area contributed by atoms with Crippen LogP contribution in [0.15, 0.2) is 12.1 Å². The Hall–Kier alpha value is -2.18. The van der Waals surface area contributed by atoms with E-state index in [1.54, 1.807) is 20.8 Å². The summed E-state index contributed by atoms with van der Waals surface area (Å²) in [5.41, 5.74) is 1.18. The van der Waals surface area contributed by atoms with Crippen LogP contribution >= 0.6 is 0 Å². The fourth-order valence-electron chi connectivity index (χ4n) is 2.17. The monoisotopic (exact) mass is 315 g/mol. The first kappa shape index (κ1) is 17.9. The van der Waals surface area contributed by atoms with Crippen LogP contribution in [-0.4, -0.2) is 41.6 Å². The number of hydrogen-bond donors (Lipinski definition) is 1. The summed E-state index contributed by atoms with van der Waals surface area (Å²) in [6, 6.07) is 2.94. The summed E-state index contributed by atoms with van der Waals surface area (Å²) in [6.45, 7) is 2.43. The Morgan fingerprint density at radius 1 is 1.27 bits per heavy atom. The number of nitrogens with zero attached hydrogens (tertiary/aromatic N) is 1. The highest BCUT2D eigenvalue weighted by molar-refractivity contribution is 5.95. The van der Waals surface area contributed by atoms with Crippen LogP contribution in [0.3, 0.4) is 0 Å². The van der Waals surface area contributed by atoms with Crippen molar-refractivity contribution in [3.05, 3.63) is 28.8 Å². The summed E-state index contributed by atoms with van der Waals surface area (Å²) in [5.74, 6) is -1.27. The van der Waals surface area contributed by atoms with Crippen LogP contribution < -0.4 is 4.74 Å². The Morgan fingerprint density at radius 2 is 1.82 bits per heavy atom. The average molecular weight is 315 g/mol. The number of ether oxygens (including phenoxy) is 1. The first-order chi connectivity index (χ1) is 10.3. The molecule has 122 valence electrons. The maximum absolute atomic E-state index is 12.4. The Bertz CT molecular complexity index is 537. The van der Waals surface area contributed by atoms with Crippen molar-refractivity contribution >= 4 is 11.9 Å². The standard InChI is InChI=1S/C15H19F2NO4/c1-4-18(6-5-12(19)20)14(21)11-7-9(2)13(10(3)8-11)22-15(16)17/h7-8,15H,4-6H2,1-3H3,(H,19,20). The molecule has 0 aliphatic rings. The van der Waals surface area contributed by atoms with E-state index < -0.39 is 12.6 Å². The maximum Gasteiger partial charge on any atom is 0.387 e. The number of carboxylic acid groups (broad SMARTS) is 1. The normalized spacial score (nSPS) is 10.6. The Balaban J connectivity index is 3.00. The van der Waals surface area contributed by atoms with Gasteiger partial charge in [0.25, 0.3) is 5.91 Å². The van der Waals surface area contributed by atoms with Crippen LogP contribution in [-0.2, 0) is 4.79 Å². The third-order valence-electron chi connectivity index (χ3n) is 3.18. The topological polar surface area (TPSA) is 66.8 Å². The molecule has 0 aromatic heterocycles. The number of carboxylic acids is 1. The van der Waals surface area contributed by atoms with Gasteiger partial charge in [-0.2, -0.15) is 8.78 Å². The van der Waals surface area contributed by atoms with Crippen molar-refractivity contribution in [2.75, 3.05) is 13.1 Å². The molecular weight excluding hydrogens is 296 g/mol. The number of amides is 1. The molecule has 1 aromatic carbocycles. The van der Waals surface area contributed by atoms with Crippen LogP contribution in [0.25, 0.3) is 0 Å². The van der Waals surface area contributed by atoms with Gasteiger partial charge in [0.15, 0.2) is 0 Å². The Kier molecular flexibility index (Phi) is 6.27. The molecule has 0 radical (unpaired) electrons. The molecule has 7 heteroatoms. The summed E-state index contributed by atoms with van der Waals surface area (Å²) in [5, 5.41) is 8.69. The predicted molar refractivity (Wildman–Crippen MR) is 76.4 cm³/mol. The third-order valence-corrected chi connectivity index (χ3v) is 3.18. The van der Waals surface area contributed by atoms with Gasteiger partial charge in [-0.25, -0.2) is 0 Å². The molecule has 1 aromatic rings. The second-order valence-electron chi connectivity index (χ2n) is 4.85. The molecule has 0 fully saturated rings. The number of alkyl halides is 2. The molecule has 0 heterocycles. The van der Waals surface area contributed by atoms with Crippen molar-refractivity contribution in [3.63, 3.8) is 0 Å². The molecule has 0 aliphatic carbocycles. The SMILES string of the molecule is CCN(CCC(=O)O)C(=O)c1cc(C)c(OC(F)F)c(C)c1. The van der Waals surface area contributed by atoms with E-state index in [2.05, 4.69) is 4.74 Å². The number of benzene rings is 1. The molecule has 22 heavy (non-hydrogen) atoms.